The van der Waals surface area contributed by atoms with E-state index in [2.05, 4.69) is 34.6 Å². The fraction of sp³-hybridized carbons (Fsp3) is 0.304. The van der Waals surface area contributed by atoms with Crippen LogP contribution in [0.1, 0.15) is 65.7 Å². The molecule has 1 atom stereocenters. The molecule has 1 heterocycles. The number of aromatic nitrogens is 1. The van der Waals surface area contributed by atoms with E-state index in [-0.39, 0.29) is 23.6 Å². The van der Waals surface area contributed by atoms with Gasteiger partial charge in [-0.2, -0.15) is 0 Å². The van der Waals surface area contributed by atoms with Gasteiger partial charge in [0.25, 0.3) is 5.91 Å². The second kappa shape index (κ2) is 9.85. The number of rotatable bonds is 9. The van der Waals surface area contributed by atoms with Gasteiger partial charge in [0.15, 0.2) is 5.69 Å². The first-order valence-corrected chi connectivity index (χ1v) is 9.78. The van der Waals surface area contributed by atoms with Crippen molar-refractivity contribution in [1.29, 1.82) is 0 Å². The number of amides is 1. The molecule has 3 aromatic rings. The van der Waals surface area contributed by atoms with E-state index >= 15 is 0 Å². The first kappa shape index (κ1) is 19.8. The number of carbonyl (C=O) groups excluding carboxylic acids is 1. The first-order chi connectivity index (χ1) is 13.7. The van der Waals surface area contributed by atoms with Crippen LogP contribution in [0.25, 0.3) is 0 Å². The molecule has 0 radical (unpaired) electrons. The molecule has 5 nitrogen and oxygen atoms in total. The highest BCUT2D eigenvalue weighted by Crippen LogP contribution is 2.27. The lowest BCUT2D eigenvalue weighted by atomic mass is 9.88. The molecule has 1 unspecified atom stereocenters. The van der Waals surface area contributed by atoms with E-state index < -0.39 is 0 Å². The number of carbonyl (C=O) groups is 1. The monoisotopic (exact) mass is 377 g/mol. The molecule has 2 aromatic carbocycles. The van der Waals surface area contributed by atoms with Gasteiger partial charge >= 0.3 is 0 Å². The van der Waals surface area contributed by atoms with Crippen LogP contribution in [-0.4, -0.2) is 17.4 Å². The lowest BCUT2D eigenvalue weighted by molar-refractivity contribution is 0.0947. The van der Waals surface area contributed by atoms with Gasteiger partial charge < -0.3 is 15.5 Å². The second-order valence-corrected chi connectivity index (χ2v) is 6.88. The predicted molar refractivity (Wildman–Crippen MR) is 110 cm³/mol. The van der Waals surface area contributed by atoms with Gasteiger partial charge in [0.1, 0.15) is 6.26 Å². The summed E-state index contributed by atoms with van der Waals surface area (Å²) < 4.78 is 5.37. The van der Waals surface area contributed by atoms with Crippen molar-refractivity contribution in [3.05, 3.63) is 89.6 Å². The zero-order chi connectivity index (χ0) is 19.8. The number of hydrogen-bond donors (Lipinski definition) is 2. The smallest absolute Gasteiger partial charge is 0.273 e. The first-order valence-electron chi connectivity index (χ1n) is 9.78. The highest BCUT2D eigenvalue weighted by molar-refractivity contribution is 5.91. The third-order valence-corrected chi connectivity index (χ3v) is 4.79. The Hall–Kier alpha value is -2.92. The van der Waals surface area contributed by atoms with Crippen LogP contribution < -0.4 is 11.1 Å². The van der Waals surface area contributed by atoms with Crippen LogP contribution in [0.2, 0.25) is 0 Å². The van der Waals surface area contributed by atoms with Crippen LogP contribution in [0, 0.1) is 0 Å². The average Bonchev–Trinajstić information content (AvgIpc) is 3.23. The van der Waals surface area contributed by atoms with E-state index in [1.165, 1.54) is 17.4 Å². The molecule has 0 saturated carbocycles. The zero-order valence-corrected chi connectivity index (χ0v) is 16.2. The number of hydrogen-bond acceptors (Lipinski definition) is 4. The molecule has 0 saturated heterocycles. The Balaban J connectivity index is 1.62. The summed E-state index contributed by atoms with van der Waals surface area (Å²) in [6, 6.07) is 20.4. The maximum Gasteiger partial charge on any atom is 0.273 e. The molecule has 0 aliphatic heterocycles. The highest BCUT2D eigenvalue weighted by Gasteiger charge is 2.18. The molecule has 1 amide bonds. The molecule has 1 aromatic heterocycles. The Morgan fingerprint density at radius 3 is 2.21 bits per heavy atom. The van der Waals surface area contributed by atoms with Crippen LogP contribution in [0.5, 0.6) is 0 Å². The maximum atomic E-state index is 12.4. The van der Waals surface area contributed by atoms with Crippen molar-refractivity contribution >= 4 is 5.91 Å². The van der Waals surface area contributed by atoms with Crippen molar-refractivity contribution in [3.63, 3.8) is 0 Å². The minimum atomic E-state index is -0.271. The third kappa shape index (κ3) is 5.08. The lowest BCUT2D eigenvalue weighted by Gasteiger charge is -2.18. The summed E-state index contributed by atoms with van der Waals surface area (Å²) in [5, 5.41) is 2.95. The van der Waals surface area contributed by atoms with Crippen LogP contribution in [0.3, 0.4) is 0 Å². The normalized spacial score (nSPS) is 12.1. The minimum absolute atomic E-state index is 0.216. The molecular weight excluding hydrogens is 350 g/mol. The SMILES string of the molecule is CCCC(N)c1nc(C(=O)NCCC(c2ccccc2)c2ccccc2)co1. The zero-order valence-electron chi connectivity index (χ0n) is 16.2. The van der Waals surface area contributed by atoms with E-state index in [0.717, 1.165) is 19.3 Å². The number of benzene rings is 2. The quantitative estimate of drug-likeness (QED) is 0.578. The summed E-state index contributed by atoms with van der Waals surface area (Å²) in [5.74, 6) is 0.394. The van der Waals surface area contributed by atoms with Crippen molar-refractivity contribution in [1.82, 2.24) is 10.3 Å². The summed E-state index contributed by atoms with van der Waals surface area (Å²) in [6.07, 6.45) is 3.88. The number of nitrogens with one attached hydrogen (secondary N) is 1. The molecule has 146 valence electrons. The van der Waals surface area contributed by atoms with Crippen LogP contribution in [-0.2, 0) is 0 Å². The summed E-state index contributed by atoms with van der Waals surface area (Å²) in [4.78, 5) is 16.7. The molecule has 0 fully saturated rings. The van der Waals surface area contributed by atoms with Crippen molar-refractivity contribution in [2.24, 2.45) is 5.73 Å². The summed E-state index contributed by atoms with van der Waals surface area (Å²) in [5.41, 5.74) is 8.74. The van der Waals surface area contributed by atoms with E-state index in [1.54, 1.807) is 0 Å². The number of nitrogens with two attached hydrogens (primary N) is 1. The Bertz CT molecular complexity index is 822. The van der Waals surface area contributed by atoms with Gasteiger partial charge in [-0.05, 0) is 24.0 Å². The lowest BCUT2D eigenvalue weighted by Crippen LogP contribution is -2.26. The Morgan fingerprint density at radius 1 is 1.04 bits per heavy atom. The molecule has 0 spiro atoms. The van der Waals surface area contributed by atoms with Crippen molar-refractivity contribution < 1.29 is 9.21 Å². The maximum absolute atomic E-state index is 12.4. The largest absolute Gasteiger partial charge is 0.446 e. The standard InChI is InChI=1S/C23H27N3O2/c1-2-9-20(24)23-26-21(16-28-23)22(27)25-15-14-19(17-10-5-3-6-11-17)18-12-7-4-8-13-18/h3-8,10-13,16,19-20H,2,9,14-15,24H2,1H3,(H,25,27). The highest BCUT2D eigenvalue weighted by atomic mass is 16.3. The Kier molecular flexibility index (Phi) is 6.98. The van der Waals surface area contributed by atoms with Gasteiger partial charge in [0.2, 0.25) is 5.89 Å². The Morgan fingerprint density at radius 2 is 1.64 bits per heavy atom. The van der Waals surface area contributed by atoms with E-state index in [1.807, 2.05) is 43.3 Å². The van der Waals surface area contributed by atoms with Crippen LogP contribution >= 0.6 is 0 Å². The molecule has 3 rings (SSSR count). The van der Waals surface area contributed by atoms with E-state index in [9.17, 15) is 4.79 Å². The van der Waals surface area contributed by atoms with Crippen molar-refractivity contribution in [3.8, 4) is 0 Å². The molecular formula is C23H27N3O2. The van der Waals surface area contributed by atoms with E-state index in [0.29, 0.717) is 12.4 Å². The summed E-state index contributed by atoms with van der Waals surface area (Å²) >= 11 is 0. The summed E-state index contributed by atoms with van der Waals surface area (Å²) in [7, 11) is 0. The van der Waals surface area contributed by atoms with Gasteiger partial charge in [0.05, 0.1) is 6.04 Å². The van der Waals surface area contributed by atoms with Gasteiger partial charge in [-0.15, -0.1) is 0 Å². The van der Waals surface area contributed by atoms with Gasteiger partial charge in [0, 0.05) is 12.5 Å². The fourth-order valence-corrected chi connectivity index (χ4v) is 3.31. The summed E-state index contributed by atoms with van der Waals surface area (Å²) in [6.45, 7) is 2.59. The molecule has 3 N–H and O–H groups in total. The topological polar surface area (TPSA) is 81.1 Å². The molecule has 0 aliphatic rings. The van der Waals surface area contributed by atoms with Gasteiger partial charge in [-0.25, -0.2) is 4.98 Å². The van der Waals surface area contributed by atoms with Crippen molar-refractivity contribution in [2.75, 3.05) is 6.54 Å². The van der Waals surface area contributed by atoms with E-state index in [4.69, 9.17) is 10.2 Å². The minimum Gasteiger partial charge on any atom is -0.446 e. The second-order valence-electron chi connectivity index (χ2n) is 6.88. The van der Waals surface area contributed by atoms with Crippen LogP contribution in [0.4, 0.5) is 0 Å². The number of nitrogens with zero attached hydrogens (tertiary/aromatic N) is 1. The third-order valence-electron chi connectivity index (χ3n) is 4.79. The molecule has 0 bridgehead atoms. The predicted octanol–water partition coefficient (Wildman–Crippen LogP) is 4.43. The van der Waals surface area contributed by atoms with Gasteiger partial charge in [-0.1, -0.05) is 74.0 Å². The van der Waals surface area contributed by atoms with Crippen molar-refractivity contribution in [2.45, 2.75) is 38.1 Å². The Labute approximate surface area is 166 Å². The fourth-order valence-electron chi connectivity index (χ4n) is 3.31. The van der Waals surface area contributed by atoms with Crippen LogP contribution in [0.15, 0.2) is 71.3 Å². The molecule has 28 heavy (non-hydrogen) atoms. The number of oxazole rings is 1. The average molecular weight is 377 g/mol. The molecule has 5 heteroatoms. The molecule has 0 aliphatic carbocycles. The van der Waals surface area contributed by atoms with Gasteiger partial charge in [-0.3, -0.25) is 4.79 Å².